The number of methoxy groups -OCH3 is 1. The van der Waals surface area contributed by atoms with E-state index in [0.717, 1.165) is 85.9 Å². The lowest BCUT2D eigenvalue weighted by molar-refractivity contribution is 0.0976. The molecule has 1 unspecified atom stereocenters. The maximum absolute atomic E-state index is 14.1. The van der Waals surface area contributed by atoms with Crippen molar-refractivity contribution in [1.82, 2.24) is 19.8 Å². The third-order valence-corrected chi connectivity index (χ3v) is 8.23. The fraction of sp³-hybridized carbons (Fsp3) is 0.333. The first-order valence-corrected chi connectivity index (χ1v) is 14.3. The third kappa shape index (κ3) is 6.79. The highest BCUT2D eigenvalue weighted by Crippen LogP contribution is 2.42. The SMILES string of the molecule is COCCN1CCN(CCc2ccc(Nc3ncc4c(n3)-c3ccccc3C(c3ccc(F)c(F)c3)C4)cc2)CC1.Cl. The summed E-state index contributed by atoms with van der Waals surface area (Å²) in [5, 5.41) is 3.36. The van der Waals surface area contributed by atoms with E-state index >= 15 is 0 Å². The highest BCUT2D eigenvalue weighted by molar-refractivity contribution is 5.85. The Balaban J connectivity index is 0.00000353. The molecule has 2 aliphatic rings. The summed E-state index contributed by atoms with van der Waals surface area (Å²) in [5.74, 6) is -1.23. The topological polar surface area (TPSA) is 53.5 Å². The molecule has 6 nitrogen and oxygen atoms in total. The van der Waals surface area contributed by atoms with Crippen molar-refractivity contribution in [2.24, 2.45) is 0 Å². The van der Waals surface area contributed by atoms with Crippen molar-refractivity contribution in [1.29, 1.82) is 0 Å². The van der Waals surface area contributed by atoms with Gasteiger partial charge in [0.25, 0.3) is 0 Å². The van der Waals surface area contributed by atoms with Crippen LogP contribution in [-0.4, -0.2) is 72.8 Å². The van der Waals surface area contributed by atoms with Crippen LogP contribution >= 0.6 is 12.4 Å². The lowest BCUT2D eigenvalue weighted by Gasteiger charge is -2.34. The molecule has 1 aliphatic carbocycles. The monoisotopic (exact) mass is 591 g/mol. The predicted molar refractivity (Wildman–Crippen MR) is 165 cm³/mol. The summed E-state index contributed by atoms with van der Waals surface area (Å²) in [5.41, 5.74) is 6.88. The molecule has 0 amide bonds. The molecular weight excluding hydrogens is 556 g/mol. The second kappa shape index (κ2) is 13.7. The molecule has 1 saturated heterocycles. The second-order valence-electron chi connectivity index (χ2n) is 10.8. The smallest absolute Gasteiger partial charge is 0.227 e. The van der Waals surface area contributed by atoms with Gasteiger partial charge in [-0.2, -0.15) is 0 Å². The molecule has 4 aromatic rings. The van der Waals surface area contributed by atoms with Crippen molar-refractivity contribution in [2.75, 3.05) is 58.3 Å². The molecule has 1 N–H and O–H groups in total. The Labute approximate surface area is 252 Å². The summed E-state index contributed by atoms with van der Waals surface area (Å²) >= 11 is 0. The first-order valence-electron chi connectivity index (χ1n) is 14.3. The Kier molecular flexibility index (Phi) is 9.80. The number of nitrogens with zero attached hydrogens (tertiary/aromatic N) is 4. The third-order valence-electron chi connectivity index (χ3n) is 8.23. The standard InChI is InChI=1S/C33H35F2N5O.ClH/c1-41-19-18-40-16-14-39(15-17-40)13-12-23-6-9-26(10-7-23)37-33-36-22-25-20-29(24-8-11-30(34)31(35)21-24)27-4-2-3-5-28(27)32(25)38-33;/h2-11,21-22,29H,12-20H2,1H3,(H,36,37,38);1H. The fourth-order valence-corrected chi connectivity index (χ4v) is 5.85. The number of ether oxygens (including phenoxy) is 1. The van der Waals surface area contributed by atoms with Crippen LogP contribution in [0.2, 0.25) is 0 Å². The number of rotatable bonds is 9. The molecule has 0 saturated carbocycles. The van der Waals surface area contributed by atoms with Crippen molar-refractivity contribution >= 4 is 24.0 Å². The maximum atomic E-state index is 14.1. The molecule has 2 heterocycles. The number of halogens is 3. The molecule has 9 heteroatoms. The molecule has 1 fully saturated rings. The molecule has 0 radical (unpaired) electrons. The van der Waals surface area contributed by atoms with Gasteiger partial charge in [-0.15, -0.1) is 12.4 Å². The van der Waals surface area contributed by atoms with Gasteiger partial charge in [-0.3, -0.25) is 4.90 Å². The van der Waals surface area contributed by atoms with E-state index in [1.54, 1.807) is 13.2 Å². The van der Waals surface area contributed by atoms with Crippen LogP contribution < -0.4 is 5.32 Å². The van der Waals surface area contributed by atoms with Gasteiger partial charge in [0.2, 0.25) is 5.95 Å². The molecule has 1 aliphatic heterocycles. The first-order chi connectivity index (χ1) is 20.1. The quantitative estimate of drug-likeness (QED) is 0.255. The molecule has 1 atom stereocenters. The lowest BCUT2D eigenvalue weighted by Crippen LogP contribution is -2.47. The van der Waals surface area contributed by atoms with E-state index in [9.17, 15) is 8.78 Å². The van der Waals surface area contributed by atoms with E-state index in [-0.39, 0.29) is 18.3 Å². The van der Waals surface area contributed by atoms with E-state index in [1.807, 2.05) is 30.5 Å². The van der Waals surface area contributed by atoms with Gasteiger partial charge in [-0.25, -0.2) is 18.7 Å². The Morgan fingerprint density at radius 1 is 0.905 bits per heavy atom. The Hall–Kier alpha value is -3.43. The van der Waals surface area contributed by atoms with Gasteiger partial charge in [0, 0.05) is 69.7 Å². The summed E-state index contributed by atoms with van der Waals surface area (Å²) < 4.78 is 32.8. The number of nitrogens with one attached hydrogen (secondary N) is 1. The summed E-state index contributed by atoms with van der Waals surface area (Å²) in [6.45, 7) is 7.27. The summed E-state index contributed by atoms with van der Waals surface area (Å²) in [6, 6.07) is 20.7. The van der Waals surface area contributed by atoms with Gasteiger partial charge < -0.3 is 15.0 Å². The van der Waals surface area contributed by atoms with Gasteiger partial charge in [0.1, 0.15) is 0 Å². The number of piperazine rings is 1. The fourth-order valence-electron chi connectivity index (χ4n) is 5.85. The minimum Gasteiger partial charge on any atom is -0.383 e. The van der Waals surface area contributed by atoms with Crippen LogP contribution in [0.4, 0.5) is 20.4 Å². The Morgan fingerprint density at radius 3 is 2.38 bits per heavy atom. The Morgan fingerprint density at radius 2 is 1.64 bits per heavy atom. The van der Waals surface area contributed by atoms with Crippen molar-refractivity contribution in [3.8, 4) is 11.3 Å². The summed E-state index contributed by atoms with van der Waals surface area (Å²) in [6.07, 6.45) is 3.48. The zero-order valence-electron chi connectivity index (χ0n) is 23.7. The van der Waals surface area contributed by atoms with Gasteiger partial charge in [0.05, 0.1) is 12.3 Å². The van der Waals surface area contributed by atoms with Crippen LogP contribution in [0.3, 0.4) is 0 Å². The van der Waals surface area contributed by atoms with E-state index < -0.39 is 11.6 Å². The number of anilines is 2. The molecule has 6 rings (SSSR count). The molecule has 0 bridgehead atoms. The zero-order chi connectivity index (χ0) is 28.2. The molecule has 42 heavy (non-hydrogen) atoms. The number of aromatic nitrogens is 2. The minimum absolute atomic E-state index is 0. The average molecular weight is 592 g/mol. The van der Waals surface area contributed by atoms with Crippen LogP contribution in [0, 0.1) is 11.6 Å². The minimum atomic E-state index is -0.835. The van der Waals surface area contributed by atoms with Crippen molar-refractivity contribution in [3.63, 3.8) is 0 Å². The molecule has 1 aromatic heterocycles. The van der Waals surface area contributed by atoms with Crippen LogP contribution in [0.15, 0.2) is 72.9 Å². The summed E-state index contributed by atoms with van der Waals surface area (Å²) in [7, 11) is 1.76. The zero-order valence-corrected chi connectivity index (χ0v) is 24.5. The molecule has 3 aromatic carbocycles. The van der Waals surface area contributed by atoms with Gasteiger partial charge in [0.15, 0.2) is 11.6 Å². The number of benzene rings is 3. The summed E-state index contributed by atoms with van der Waals surface area (Å²) in [4.78, 5) is 14.5. The molecular formula is C33H36ClF2N5O. The highest BCUT2D eigenvalue weighted by Gasteiger charge is 2.28. The lowest BCUT2D eigenvalue weighted by atomic mass is 9.78. The second-order valence-corrected chi connectivity index (χ2v) is 10.8. The van der Waals surface area contributed by atoms with E-state index in [0.29, 0.717) is 12.4 Å². The molecule has 0 spiro atoms. The average Bonchev–Trinajstić information content (AvgIpc) is 3.01. The van der Waals surface area contributed by atoms with Crippen LogP contribution in [0.5, 0.6) is 0 Å². The van der Waals surface area contributed by atoms with E-state index in [4.69, 9.17) is 9.72 Å². The van der Waals surface area contributed by atoms with Crippen LogP contribution in [-0.2, 0) is 17.6 Å². The van der Waals surface area contributed by atoms with Crippen LogP contribution in [0.1, 0.15) is 28.2 Å². The maximum Gasteiger partial charge on any atom is 0.227 e. The largest absolute Gasteiger partial charge is 0.383 e. The van der Waals surface area contributed by atoms with Crippen molar-refractivity contribution < 1.29 is 13.5 Å². The number of hydrogen-bond acceptors (Lipinski definition) is 6. The Bertz CT molecular complexity index is 1490. The predicted octanol–water partition coefficient (Wildman–Crippen LogP) is 6.08. The molecule has 220 valence electrons. The number of fused-ring (bicyclic) bond motifs is 3. The van der Waals surface area contributed by atoms with Gasteiger partial charge >= 0.3 is 0 Å². The first kappa shape index (κ1) is 30.0. The van der Waals surface area contributed by atoms with Crippen molar-refractivity contribution in [2.45, 2.75) is 18.8 Å². The number of hydrogen-bond donors (Lipinski definition) is 1. The van der Waals surface area contributed by atoms with Crippen LogP contribution in [0.25, 0.3) is 11.3 Å². The highest BCUT2D eigenvalue weighted by atomic mass is 35.5. The van der Waals surface area contributed by atoms with Gasteiger partial charge in [-0.05, 0) is 59.4 Å². The van der Waals surface area contributed by atoms with E-state index in [1.165, 1.54) is 17.7 Å². The van der Waals surface area contributed by atoms with E-state index in [2.05, 4.69) is 44.4 Å². The normalized spacial score (nSPS) is 16.8. The van der Waals surface area contributed by atoms with Crippen molar-refractivity contribution in [3.05, 3.63) is 107 Å². The van der Waals surface area contributed by atoms with Gasteiger partial charge in [-0.1, -0.05) is 42.5 Å².